The molecular formula is C11H22N2O2. The Morgan fingerprint density at radius 3 is 2.87 bits per heavy atom. The number of piperidine rings is 1. The van der Waals surface area contributed by atoms with E-state index in [2.05, 4.69) is 5.32 Å². The molecule has 0 aliphatic carbocycles. The van der Waals surface area contributed by atoms with Crippen LogP contribution in [-0.4, -0.2) is 48.7 Å². The van der Waals surface area contributed by atoms with E-state index in [0.717, 1.165) is 19.6 Å². The number of nitrogens with zero attached hydrogens (tertiary/aromatic N) is 1. The van der Waals surface area contributed by atoms with Gasteiger partial charge in [-0.05, 0) is 45.3 Å². The van der Waals surface area contributed by atoms with Crippen molar-refractivity contribution in [3.8, 4) is 0 Å². The van der Waals surface area contributed by atoms with Crippen molar-refractivity contribution in [2.75, 3.05) is 26.7 Å². The number of carboxylic acids is 1. The minimum absolute atomic E-state index is 0.327. The van der Waals surface area contributed by atoms with Crippen LogP contribution in [0.25, 0.3) is 0 Å². The predicted octanol–water partition coefficient (Wildman–Crippen LogP) is 0.781. The molecule has 0 radical (unpaired) electrons. The molecule has 88 valence electrons. The monoisotopic (exact) mass is 214 g/mol. The van der Waals surface area contributed by atoms with Gasteiger partial charge in [-0.15, -0.1) is 0 Å². The number of aliphatic carboxylic acids is 1. The van der Waals surface area contributed by atoms with Gasteiger partial charge in [0.25, 0.3) is 0 Å². The highest BCUT2D eigenvalue weighted by Gasteiger charge is 2.23. The zero-order valence-corrected chi connectivity index (χ0v) is 9.70. The van der Waals surface area contributed by atoms with Crippen LogP contribution in [0.3, 0.4) is 0 Å². The molecule has 1 heterocycles. The van der Waals surface area contributed by atoms with Crippen molar-refractivity contribution in [3.05, 3.63) is 0 Å². The second-order valence-electron chi connectivity index (χ2n) is 4.41. The molecule has 2 unspecified atom stereocenters. The molecule has 15 heavy (non-hydrogen) atoms. The van der Waals surface area contributed by atoms with Crippen molar-refractivity contribution in [1.82, 2.24) is 10.2 Å². The number of hydrogen-bond donors (Lipinski definition) is 2. The minimum Gasteiger partial charge on any atom is -0.480 e. The SMILES string of the molecule is CCC(C(=O)O)N(C)CC1CCCNC1. The summed E-state index contributed by atoms with van der Waals surface area (Å²) < 4.78 is 0. The summed E-state index contributed by atoms with van der Waals surface area (Å²) in [7, 11) is 1.91. The maximum Gasteiger partial charge on any atom is 0.320 e. The maximum atomic E-state index is 11.0. The number of carbonyl (C=O) groups is 1. The maximum absolute atomic E-state index is 11.0. The van der Waals surface area contributed by atoms with Gasteiger partial charge in [0.15, 0.2) is 0 Å². The Balaban J connectivity index is 2.38. The van der Waals surface area contributed by atoms with Crippen LogP contribution in [0.15, 0.2) is 0 Å². The molecule has 0 aromatic heterocycles. The zero-order chi connectivity index (χ0) is 11.3. The smallest absolute Gasteiger partial charge is 0.320 e. The van der Waals surface area contributed by atoms with E-state index in [0.29, 0.717) is 12.3 Å². The minimum atomic E-state index is -0.705. The molecule has 0 spiro atoms. The number of nitrogens with one attached hydrogen (secondary N) is 1. The predicted molar refractivity (Wildman–Crippen MR) is 59.9 cm³/mol. The molecule has 1 fully saturated rings. The molecule has 1 saturated heterocycles. The van der Waals surface area contributed by atoms with E-state index in [4.69, 9.17) is 5.11 Å². The first-order valence-electron chi connectivity index (χ1n) is 5.79. The highest BCUT2D eigenvalue weighted by molar-refractivity contribution is 5.73. The summed E-state index contributed by atoms with van der Waals surface area (Å²) >= 11 is 0. The van der Waals surface area contributed by atoms with Crippen molar-refractivity contribution >= 4 is 5.97 Å². The lowest BCUT2D eigenvalue weighted by atomic mass is 9.98. The average molecular weight is 214 g/mol. The lowest BCUT2D eigenvalue weighted by Crippen LogP contribution is -2.43. The third kappa shape index (κ3) is 3.80. The molecular weight excluding hydrogens is 192 g/mol. The van der Waals surface area contributed by atoms with Crippen LogP contribution in [-0.2, 0) is 4.79 Å². The van der Waals surface area contributed by atoms with Gasteiger partial charge < -0.3 is 10.4 Å². The quantitative estimate of drug-likeness (QED) is 0.710. The van der Waals surface area contributed by atoms with Gasteiger partial charge in [0.05, 0.1) is 0 Å². The fraction of sp³-hybridized carbons (Fsp3) is 0.909. The first kappa shape index (κ1) is 12.5. The highest BCUT2D eigenvalue weighted by Crippen LogP contribution is 2.13. The fourth-order valence-corrected chi connectivity index (χ4v) is 2.29. The normalized spacial score (nSPS) is 24.1. The third-order valence-electron chi connectivity index (χ3n) is 3.15. The van der Waals surface area contributed by atoms with E-state index in [1.807, 2.05) is 18.9 Å². The molecule has 4 nitrogen and oxygen atoms in total. The van der Waals surface area contributed by atoms with Crippen LogP contribution < -0.4 is 5.32 Å². The lowest BCUT2D eigenvalue weighted by Gasteiger charge is -2.30. The first-order chi connectivity index (χ1) is 7.15. The Morgan fingerprint density at radius 1 is 1.67 bits per heavy atom. The van der Waals surface area contributed by atoms with Crippen LogP contribution >= 0.6 is 0 Å². The van der Waals surface area contributed by atoms with Crippen LogP contribution in [0.4, 0.5) is 0 Å². The Labute approximate surface area is 91.6 Å². The van der Waals surface area contributed by atoms with Gasteiger partial charge in [-0.2, -0.15) is 0 Å². The molecule has 1 aliphatic heterocycles. The van der Waals surface area contributed by atoms with Crippen LogP contribution in [0.2, 0.25) is 0 Å². The van der Waals surface area contributed by atoms with Crippen LogP contribution in [0.5, 0.6) is 0 Å². The second-order valence-corrected chi connectivity index (χ2v) is 4.41. The number of hydrogen-bond acceptors (Lipinski definition) is 3. The highest BCUT2D eigenvalue weighted by atomic mass is 16.4. The van der Waals surface area contributed by atoms with Gasteiger partial charge in [0.1, 0.15) is 6.04 Å². The summed E-state index contributed by atoms with van der Waals surface area (Å²) in [4.78, 5) is 12.9. The lowest BCUT2D eigenvalue weighted by molar-refractivity contribution is -0.143. The summed E-state index contributed by atoms with van der Waals surface area (Å²) in [6.45, 7) is 4.95. The molecule has 2 N–H and O–H groups in total. The molecule has 2 atom stereocenters. The van der Waals surface area contributed by atoms with E-state index < -0.39 is 5.97 Å². The van der Waals surface area contributed by atoms with Crippen molar-refractivity contribution in [2.45, 2.75) is 32.2 Å². The summed E-state index contributed by atoms with van der Waals surface area (Å²) in [5.74, 6) is -0.0964. The Bertz CT molecular complexity index is 203. The summed E-state index contributed by atoms with van der Waals surface area (Å²) in [5.41, 5.74) is 0. The Hall–Kier alpha value is -0.610. The van der Waals surface area contributed by atoms with Crippen molar-refractivity contribution in [2.24, 2.45) is 5.92 Å². The molecule has 0 amide bonds. The van der Waals surface area contributed by atoms with E-state index >= 15 is 0 Å². The van der Waals surface area contributed by atoms with Gasteiger partial charge in [-0.25, -0.2) is 0 Å². The molecule has 1 aliphatic rings. The fourth-order valence-electron chi connectivity index (χ4n) is 2.29. The van der Waals surface area contributed by atoms with Gasteiger partial charge >= 0.3 is 5.97 Å². The summed E-state index contributed by atoms with van der Waals surface area (Å²) in [6.07, 6.45) is 3.10. The summed E-state index contributed by atoms with van der Waals surface area (Å²) in [5, 5.41) is 12.4. The molecule has 0 bridgehead atoms. The van der Waals surface area contributed by atoms with E-state index in [-0.39, 0.29) is 6.04 Å². The Morgan fingerprint density at radius 2 is 2.40 bits per heavy atom. The van der Waals surface area contributed by atoms with Crippen molar-refractivity contribution in [1.29, 1.82) is 0 Å². The van der Waals surface area contributed by atoms with Crippen molar-refractivity contribution in [3.63, 3.8) is 0 Å². The number of carboxylic acid groups (broad SMARTS) is 1. The average Bonchev–Trinajstić information content (AvgIpc) is 2.19. The molecule has 4 heteroatoms. The molecule has 0 aromatic rings. The zero-order valence-electron chi connectivity index (χ0n) is 9.70. The summed E-state index contributed by atoms with van der Waals surface area (Å²) in [6, 6.07) is -0.327. The molecule has 0 aromatic carbocycles. The van der Waals surface area contributed by atoms with Gasteiger partial charge in [-0.1, -0.05) is 6.92 Å². The van der Waals surface area contributed by atoms with Gasteiger partial charge in [0.2, 0.25) is 0 Å². The van der Waals surface area contributed by atoms with Crippen LogP contribution in [0, 0.1) is 5.92 Å². The Kier molecular flexibility index (Phi) is 5.05. The second kappa shape index (κ2) is 6.08. The standard InChI is InChI=1S/C11H22N2O2/c1-3-10(11(14)15)13(2)8-9-5-4-6-12-7-9/h9-10,12H,3-8H2,1-2H3,(H,14,15). The molecule has 0 saturated carbocycles. The van der Waals surface area contributed by atoms with E-state index in [1.165, 1.54) is 12.8 Å². The van der Waals surface area contributed by atoms with Gasteiger partial charge in [0, 0.05) is 6.54 Å². The largest absolute Gasteiger partial charge is 0.480 e. The van der Waals surface area contributed by atoms with Gasteiger partial charge in [-0.3, -0.25) is 9.69 Å². The topological polar surface area (TPSA) is 52.6 Å². The third-order valence-corrected chi connectivity index (χ3v) is 3.15. The molecule has 1 rings (SSSR count). The van der Waals surface area contributed by atoms with E-state index in [1.54, 1.807) is 0 Å². The van der Waals surface area contributed by atoms with Crippen molar-refractivity contribution < 1.29 is 9.90 Å². The number of likely N-dealkylation sites (N-methyl/N-ethyl adjacent to an activating group) is 1. The number of rotatable bonds is 5. The van der Waals surface area contributed by atoms with E-state index in [9.17, 15) is 4.79 Å². The van der Waals surface area contributed by atoms with Crippen LogP contribution in [0.1, 0.15) is 26.2 Å². The first-order valence-corrected chi connectivity index (χ1v) is 5.79.